The zero-order valence-corrected chi connectivity index (χ0v) is 16.4. The third-order valence-corrected chi connectivity index (χ3v) is 7.71. The second-order valence-corrected chi connectivity index (χ2v) is 9.67. The molecule has 1 amide bonds. The van der Waals surface area contributed by atoms with Gasteiger partial charge in [-0.2, -0.15) is 4.99 Å². The number of aliphatic imine (C=N–C) groups is 1. The first kappa shape index (κ1) is 19.2. The van der Waals surface area contributed by atoms with Crippen LogP contribution in [0.4, 0.5) is 0 Å². The van der Waals surface area contributed by atoms with Crippen molar-refractivity contribution < 1.29 is 22.7 Å². The first-order valence-electron chi connectivity index (χ1n) is 8.29. The van der Waals surface area contributed by atoms with E-state index in [0.29, 0.717) is 11.7 Å². The molecule has 0 saturated carbocycles. The summed E-state index contributed by atoms with van der Waals surface area (Å²) in [6, 6.07) is 7.63. The van der Waals surface area contributed by atoms with Crippen LogP contribution in [0.2, 0.25) is 0 Å². The molecule has 2 heterocycles. The van der Waals surface area contributed by atoms with Gasteiger partial charge in [0.05, 0.1) is 24.7 Å². The Balaban J connectivity index is 1.75. The fraction of sp³-hybridized carbons (Fsp3) is 0.529. The lowest BCUT2D eigenvalue weighted by molar-refractivity contribution is -0.121. The maximum atomic E-state index is 12.0. The van der Waals surface area contributed by atoms with Crippen LogP contribution >= 0.6 is 11.8 Å². The van der Waals surface area contributed by atoms with Crippen molar-refractivity contribution in [2.75, 3.05) is 38.9 Å². The van der Waals surface area contributed by atoms with Crippen molar-refractivity contribution >= 4 is 32.7 Å². The molecule has 2 saturated heterocycles. The summed E-state index contributed by atoms with van der Waals surface area (Å²) in [5.74, 6) is 0.691. The van der Waals surface area contributed by atoms with Gasteiger partial charge in [0, 0.05) is 18.9 Å². The maximum Gasteiger partial charge on any atom is 0.274 e. The SMILES string of the molecule is COCC(=O)N=C1S[C@H]2CS(=O)(=O)C[C@H]2N1CCc1ccc(OC)cc1. The van der Waals surface area contributed by atoms with Gasteiger partial charge in [0.25, 0.3) is 5.91 Å². The summed E-state index contributed by atoms with van der Waals surface area (Å²) in [6.45, 7) is 0.527. The fourth-order valence-corrected chi connectivity index (χ4v) is 7.20. The lowest BCUT2D eigenvalue weighted by Crippen LogP contribution is -2.39. The molecule has 0 aliphatic carbocycles. The van der Waals surface area contributed by atoms with Gasteiger partial charge < -0.3 is 14.4 Å². The Kier molecular flexibility index (Phi) is 5.89. The van der Waals surface area contributed by atoms with E-state index in [2.05, 4.69) is 4.99 Å². The first-order valence-corrected chi connectivity index (χ1v) is 11.0. The standard InChI is InChI=1S/C17H22N2O5S2/c1-23-9-16(20)18-17-19(14-10-26(21,22)11-15(14)25-17)8-7-12-3-5-13(24-2)6-4-12/h3-6,14-15H,7-11H2,1-2H3/t14-,15+/m1/s1. The van der Waals surface area contributed by atoms with Gasteiger partial charge in [0.2, 0.25) is 0 Å². The monoisotopic (exact) mass is 398 g/mol. The average Bonchev–Trinajstić information content (AvgIpc) is 3.05. The van der Waals surface area contributed by atoms with Crippen LogP contribution in [0.3, 0.4) is 0 Å². The number of amides is 1. The Morgan fingerprint density at radius 3 is 2.65 bits per heavy atom. The molecule has 26 heavy (non-hydrogen) atoms. The summed E-state index contributed by atoms with van der Waals surface area (Å²) in [5.41, 5.74) is 1.11. The number of rotatable bonds is 6. The summed E-state index contributed by atoms with van der Waals surface area (Å²) >= 11 is 1.39. The smallest absolute Gasteiger partial charge is 0.274 e. The molecule has 0 unspecified atom stereocenters. The number of fused-ring (bicyclic) bond motifs is 1. The van der Waals surface area contributed by atoms with E-state index < -0.39 is 9.84 Å². The molecular formula is C17H22N2O5S2. The third-order valence-electron chi connectivity index (χ3n) is 4.46. The minimum absolute atomic E-state index is 0.0648. The quantitative estimate of drug-likeness (QED) is 0.706. The van der Waals surface area contributed by atoms with Crippen molar-refractivity contribution in [3.63, 3.8) is 0 Å². The van der Waals surface area contributed by atoms with Gasteiger partial charge >= 0.3 is 0 Å². The molecule has 0 aromatic heterocycles. The number of thioether (sulfide) groups is 1. The van der Waals surface area contributed by atoms with Crippen molar-refractivity contribution in [3.8, 4) is 5.75 Å². The van der Waals surface area contributed by atoms with Gasteiger partial charge in [0.15, 0.2) is 15.0 Å². The maximum absolute atomic E-state index is 12.0. The molecule has 1 aromatic rings. The number of amidine groups is 1. The van der Waals surface area contributed by atoms with Crippen LogP contribution in [0, 0.1) is 0 Å². The molecule has 2 atom stereocenters. The lowest BCUT2D eigenvalue weighted by Gasteiger charge is -2.24. The Morgan fingerprint density at radius 2 is 2.00 bits per heavy atom. The van der Waals surface area contributed by atoms with Crippen LogP contribution < -0.4 is 4.74 Å². The average molecular weight is 399 g/mol. The molecule has 1 aromatic carbocycles. The highest BCUT2D eigenvalue weighted by Gasteiger charge is 2.48. The number of hydrogen-bond acceptors (Lipinski definition) is 6. The Bertz CT molecular complexity index is 792. The highest BCUT2D eigenvalue weighted by atomic mass is 32.2. The normalized spacial score (nSPS) is 25.5. The molecule has 7 nitrogen and oxygen atoms in total. The van der Waals surface area contributed by atoms with E-state index >= 15 is 0 Å². The predicted octanol–water partition coefficient (Wildman–Crippen LogP) is 0.981. The van der Waals surface area contributed by atoms with Crippen LogP contribution in [0.15, 0.2) is 29.3 Å². The lowest BCUT2D eigenvalue weighted by atomic mass is 10.1. The van der Waals surface area contributed by atoms with Crippen LogP contribution in [0.25, 0.3) is 0 Å². The van der Waals surface area contributed by atoms with Crippen molar-refractivity contribution in [2.24, 2.45) is 4.99 Å². The molecule has 0 N–H and O–H groups in total. The third kappa shape index (κ3) is 4.39. The van der Waals surface area contributed by atoms with E-state index in [1.165, 1.54) is 18.9 Å². The molecule has 0 radical (unpaired) electrons. The van der Waals surface area contributed by atoms with Crippen molar-refractivity contribution in [2.45, 2.75) is 17.7 Å². The number of carbonyl (C=O) groups excluding carboxylic acids is 1. The first-order chi connectivity index (χ1) is 12.4. The molecule has 0 spiro atoms. The molecule has 3 rings (SSSR count). The van der Waals surface area contributed by atoms with Gasteiger partial charge in [-0.05, 0) is 24.1 Å². The topological polar surface area (TPSA) is 85.3 Å². The van der Waals surface area contributed by atoms with Crippen molar-refractivity contribution in [1.82, 2.24) is 4.90 Å². The van der Waals surface area contributed by atoms with Gasteiger partial charge in [-0.1, -0.05) is 23.9 Å². The summed E-state index contributed by atoms with van der Waals surface area (Å²) < 4.78 is 34.0. The van der Waals surface area contributed by atoms with Crippen LogP contribution in [0.5, 0.6) is 5.75 Å². The van der Waals surface area contributed by atoms with E-state index in [1.54, 1.807) is 7.11 Å². The fourth-order valence-electron chi connectivity index (χ4n) is 3.20. The van der Waals surface area contributed by atoms with Crippen LogP contribution in [0.1, 0.15) is 5.56 Å². The summed E-state index contributed by atoms with van der Waals surface area (Å²) in [5, 5.41) is 0.537. The second kappa shape index (κ2) is 7.98. The van der Waals surface area contributed by atoms with Gasteiger partial charge in [-0.15, -0.1) is 0 Å². The minimum Gasteiger partial charge on any atom is -0.497 e. The molecule has 9 heteroatoms. The van der Waals surface area contributed by atoms with Crippen molar-refractivity contribution in [1.29, 1.82) is 0 Å². The molecule has 2 aliphatic heterocycles. The molecule has 0 bridgehead atoms. The van der Waals surface area contributed by atoms with Crippen molar-refractivity contribution in [3.05, 3.63) is 29.8 Å². The summed E-state index contributed by atoms with van der Waals surface area (Å²) in [7, 11) is 0.0328. The van der Waals surface area contributed by atoms with E-state index in [0.717, 1.165) is 17.7 Å². The number of sulfone groups is 1. The number of ether oxygens (including phenoxy) is 2. The van der Waals surface area contributed by atoms with Gasteiger partial charge in [-0.25, -0.2) is 8.42 Å². The molecule has 142 valence electrons. The van der Waals surface area contributed by atoms with E-state index in [9.17, 15) is 13.2 Å². The predicted molar refractivity (Wildman–Crippen MR) is 102 cm³/mol. The zero-order valence-electron chi connectivity index (χ0n) is 14.8. The molecular weight excluding hydrogens is 376 g/mol. The summed E-state index contributed by atoms with van der Waals surface area (Å²) in [4.78, 5) is 18.0. The van der Waals surface area contributed by atoms with E-state index in [1.807, 2.05) is 29.2 Å². The zero-order chi connectivity index (χ0) is 18.7. The van der Waals surface area contributed by atoms with Gasteiger partial charge in [0.1, 0.15) is 12.4 Å². The van der Waals surface area contributed by atoms with Gasteiger partial charge in [-0.3, -0.25) is 4.79 Å². The Morgan fingerprint density at radius 1 is 1.27 bits per heavy atom. The number of carbonyl (C=O) groups is 1. The Hall–Kier alpha value is -1.58. The minimum atomic E-state index is -3.04. The Labute approximate surface area is 157 Å². The number of benzene rings is 1. The number of methoxy groups -OCH3 is 2. The largest absolute Gasteiger partial charge is 0.497 e. The molecule has 2 aliphatic rings. The second-order valence-electron chi connectivity index (χ2n) is 6.31. The van der Waals surface area contributed by atoms with E-state index in [4.69, 9.17) is 9.47 Å². The van der Waals surface area contributed by atoms with E-state index in [-0.39, 0.29) is 35.3 Å². The molecule has 2 fully saturated rings. The van der Waals surface area contributed by atoms with Crippen LogP contribution in [-0.4, -0.2) is 74.6 Å². The highest BCUT2D eigenvalue weighted by Crippen LogP contribution is 2.38. The van der Waals surface area contributed by atoms with Crippen LogP contribution in [-0.2, 0) is 25.8 Å². The number of nitrogens with zero attached hydrogens (tertiary/aromatic N) is 2. The highest BCUT2D eigenvalue weighted by molar-refractivity contribution is 8.15. The summed E-state index contributed by atoms with van der Waals surface area (Å²) in [6.07, 6.45) is 0.727. The number of hydrogen-bond donors (Lipinski definition) is 0.